The van der Waals surface area contributed by atoms with Crippen LogP contribution in [0.1, 0.15) is 29.2 Å². The molecule has 0 saturated carbocycles. The number of carbonyl (C=O) groups is 2. The van der Waals surface area contributed by atoms with Crippen LogP contribution in [0.15, 0.2) is 96.3 Å². The number of phenols is 1. The minimum Gasteiger partial charge on any atom is -0.508 e. The van der Waals surface area contributed by atoms with Gasteiger partial charge in [0.05, 0.1) is 11.6 Å². The molecule has 5 heteroatoms. The molecule has 3 aromatic rings. The summed E-state index contributed by atoms with van der Waals surface area (Å²) in [6.07, 6.45) is 0.704. The molecule has 1 aliphatic heterocycles. The van der Waals surface area contributed by atoms with Crippen molar-refractivity contribution in [1.82, 2.24) is 4.90 Å². The van der Waals surface area contributed by atoms with Crippen LogP contribution in [-0.2, 0) is 22.6 Å². The Hall–Kier alpha value is -3.86. The van der Waals surface area contributed by atoms with Gasteiger partial charge in [-0.25, -0.2) is 0 Å². The summed E-state index contributed by atoms with van der Waals surface area (Å²) >= 11 is 0. The molecule has 1 atom stereocenters. The number of Topliss-reactive ketones (excluding diaryl/α,β-unsaturated/α-hetero) is 1. The largest absolute Gasteiger partial charge is 0.508 e. The van der Waals surface area contributed by atoms with E-state index in [0.717, 1.165) is 11.1 Å². The molecule has 0 bridgehead atoms. The molecule has 1 amide bonds. The Morgan fingerprint density at radius 2 is 1.39 bits per heavy atom. The number of aliphatic hydroxyl groups is 1. The number of aryl methyl sites for hydroxylation is 1. The van der Waals surface area contributed by atoms with Crippen molar-refractivity contribution in [2.24, 2.45) is 0 Å². The number of aromatic hydroxyl groups is 1. The molecule has 1 aliphatic rings. The summed E-state index contributed by atoms with van der Waals surface area (Å²) in [6.45, 7) is 0.255. The molecule has 1 unspecified atom stereocenters. The molecule has 31 heavy (non-hydrogen) atoms. The number of rotatable bonds is 7. The molecule has 0 radical (unpaired) electrons. The summed E-state index contributed by atoms with van der Waals surface area (Å²) in [5.74, 6) is -1.23. The second-order valence-corrected chi connectivity index (χ2v) is 7.58. The van der Waals surface area contributed by atoms with Gasteiger partial charge in [0.1, 0.15) is 5.75 Å². The highest BCUT2D eigenvalue weighted by Gasteiger charge is 2.43. The van der Waals surface area contributed by atoms with Gasteiger partial charge in [0.2, 0.25) is 0 Å². The van der Waals surface area contributed by atoms with E-state index in [4.69, 9.17) is 0 Å². The van der Waals surface area contributed by atoms with Gasteiger partial charge >= 0.3 is 0 Å². The van der Waals surface area contributed by atoms with Gasteiger partial charge < -0.3 is 15.1 Å². The Morgan fingerprint density at radius 1 is 0.806 bits per heavy atom. The molecule has 0 spiro atoms. The van der Waals surface area contributed by atoms with Crippen LogP contribution in [0, 0.1) is 0 Å². The van der Waals surface area contributed by atoms with Gasteiger partial charge in [0, 0.05) is 13.0 Å². The van der Waals surface area contributed by atoms with Crippen LogP contribution in [0.2, 0.25) is 0 Å². The first-order valence-corrected chi connectivity index (χ1v) is 10.2. The van der Waals surface area contributed by atoms with E-state index in [1.165, 1.54) is 17.0 Å². The van der Waals surface area contributed by atoms with E-state index in [1.807, 2.05) is 60.7 Å². The monoisotopic (exact) mass is 413 g/mol. The zero-order valence-electron chi connectivity index (χ0n) is 16.9. The SMILES string of the molecule is O=C(CCc1ccccc1)C1=C(O)C(=O)N(Cc2ccccc2)C1c1ccc(O)cc1. The molecular weight excluding hydrogens is 390 g/mol. The molecule has 1 heterocycles. The predicted molar refractivity (Wildman–Crippen MR) is 117 cm³/mol. The molecule has 0 saturated heterocycles. The topological polar surface area (TPSA) is 77.8 Å². The summed E-state index contributed by atoms with van der Waals surface area (Å²) in [4.78, 5) is 27.6. The van der Waals surface area contributed by atoms with Crippen molar-refractivity contribution >= 4 is 11.7 Å². The Kier molecular flexibility index (Phi) is 5.85. The third-order valence-corrected chi connectivity index (χ3v) is 5.49. The fourth-order valence-electron chi connectivity index (χ4n) is 3.92. The standard InChI is InChI=1S/C26H23NO4/c28-21-14-12-20(13-15-21)24-23(22(29)16-11-18-7-3-1-4-8-18)25(30)26(31)27(24)17-19-9-5-2-6-10-19/h1-10,12-15,24,28,30H,11,16-17H2. The third-order valence-electron chi connectivity index (χ3n) is 5.49. The number of aliphatic hydroxyl groups excluding tert-OH is 1. The maximum absolute atomic E-state index is 13.2. The molecule has 3 aromatic carbocycles. The van der Waals surface area contributed by atoms with E-state index in [-0.39, 0.29) is 30.1 Å². The summed E-state index contributed by atoms with van der Waals surface area (Å²) in [5.41, 5.74) is 2.68. The van der Waals surface area contributed by atoms with Crippen LogP contribution in [0.3, 0.4) is 0 Å². The highest BCUT2D eigenvalue weighted by Crippen LogP contribution is 2.39. The Bertz CT molecular complexity index is 1110. The summed E-state index contributed by atoms with van der Waals surface area (Å²) in [5, 5.41) is 20.4. The minimum atomic E-state index is -0.712. The number of ketones is 1. The van der Waals surface area contributed by atoms with E-state index in [2.05, 4.69) is 0 Å². The normalized spacial score (nSPS) is 16.1. The molecule has 2 N–H and O–H groups in total. The quantitative estimate of drug-likeness (QED) is 0.598. The van der Waals surface area contributed by atoms with Gasteiger partial charge in [0.15, 0.2) is 11.5 Å². The first kappa shape index (κ1) is 20.4. The minimum absolute atomic E-state index is 0.0906. The number of amides is 1. The van der Waals surface area contributed by atoms with Crippen LogP contribution < -0.4 is 0 Å². The van der Waals surface area contributed by atoms with Crippen molar-refractivity contribution in [3.63, 3.8) is 0 Å². The summed E-state index contributed by atoms with van der Waals surface area (Å²) in [7, 11) is 0. The predicted octanol–water partition coefficient (Wildman–Crippen LogP) is 4.49. The van der Waals surface area contributed by atoms with Gasteiger partial charge in [-0.15, -0.1) is 0 Å². The van der Waals surface area contributed by atoms with Gasteiger partial charge in [-0.1, -0.05) is 72.8 Å². The molecule has 5 nitrogen and oxygen atoms in total. The number of nitrogens with zero attached hydrogens (tertiary/aromatic N) is 1. The zero-order chi connectivity index (χ0) is 21.8. The van der Waals surface area contributed by atoms with E-state index in [0.29, 0.717) is 12.0 Å². The van der Waals surface area contributed by atoms with Crippen molar-refractivity contribution in [3.05, 3.63) is 113 Å². The molecule has 0 fully saturated rings. The number of carbonyl (C=O) groups excluding carboxylic acids is 2. The summed E-state index contributed by atoms with van der Waals surface area (Å²) in [6, 6.07) is 24.7. The summed E-state index contributed by atoms with van der Waals surface area (Å²) < 4.78 is 0. The highest BCUT2D eigenvalue weighted by atomic mass is 16.3. The first-order valence-electron chi connectivity index (χ1n) is 10.2. The third kappa shape index (κ3) is 4.36. The lowest BCUT2D eigenvalue weighted by Crippen LogP contribution is -2.30. The van der Waals surface area contributed by atoms with E-state index in [1.54, 1.807) is 12.1 Å². The van der Waals surface area contributed by atoms with Gasteiger partial charge in [0.25, 0.3) is 5.91 Å². The Labute approximate surface area is 180 Å². The number of hydrogen-bond acceptors (Lipinski definition) is 4. The van der Waals surface area contributed by atoms with Gasteiger partial charge in [-0.2, -0.15) is 0 Å². The van der Waals surface area contributed by atoms with Crippen molar-refractivity contribution in [3.8, 4) is 5.75 Å². The smallest absolute Gasteiger partial charge is 0.290 e. The first-order chi connectivity index (χ1) is 15.0. The van der Waals surface area contributed by atoms with Crippen LogP contribution in [0.4, 0.5) is 0 Å². The second-order valence-electron chi connectivity index (χ2n) is 7.58. The van der Waals surface area contributed by atoms with E-state index >= 15 is 0 Å². The average molecular weight is 413 g/mol. The zero-order valence-corrected chi connectivity index (χ0v) is 16.9. The van der Waals surface area contributed by atoms with Crippen molar-refractivity contribution in [1.29, 1.82) is 0 Å². The Morgan fingerprint density at radius 3 is 2.00 bits per heavy atom. The Balaban J connectivity index is 1.66. The maximum atomic E-state index is 13.2. The van der Waals surface area contributed by atoms with Crippen LogP contribution in [-0.4, -0.2) is 26.8 Å². The van der Waals surface area contributed by atoms with Crippen molar-refractivity contribution < 1.29 is 19.8 Å². The lowest BCUT2D eigenvalue weighted by atomic mass is 9.93. The van der Waals surface area contributed by atoms with Crippen LogP contribution in [0.5, 0.6) is 5.75 Å². The lowest BCUT2D eigenvalue weighted by Gasteiger charge is -2.27. The molecule has 0 aliphatic carbocycles. The molecule has 0 aromatic heterocycles. The lowest BCUT2D eigenvalue weighted by molar-refractivity contribution is -0.130. The average Bonchev–Trinajstić information content (AvgIpc) is 3.04. The van der Waals surface area contributed by atoms with Crippen molar-refractivity contribution in [2.45, 2.75) is 25.4 Å². The highest BCUT2D eigenvalue weighted by molar-refractivity contribution is 6.09. The number of hydrogen-bond donors (Lipinski definition) is 2. The molecular formula is C26H23NO4. The molecule has 4 rings (SSSR count). The number of benzene rings is 3. The van der Waals surface area contributed by atoms with E-state index in [9.17, 15) is 19.8 Å². The van der Waals surface area contributed by atoms with Gasteiger partial charge in [-0.3, -0.25) is 9.59 Å². The fraction of sp³-hybridized carbons (Fsp3) is 0.154. The van der Waals surface area contributed by atoms with E-state index < -0.39 is 17.7 Å². The maximum Gasteiger partial charge on any atom is 0.290 e. The number of phenolic OH excluding ortho intramolecular Hbond substituents is 1. The van der Waals surface area contributed by atoms with Gasteiger partial charge in [-0.05, 0) is 35.2 Å². The fourth-order valence-corrected chi connectivity index (χ4v) is 3.92. The van der Waals surface area contributed by atoms with Crippen molar-refractivity contribution in [2.75, 3.05) is 0 Å². The van der Waals surface area contributed by atoms with Crippen LogP contribution in [0.25, 0.3) is 0 Å². The second kappa shape index (κ2) is 8.88. The molecule has 156 valence electrons. The van der Waals surface area contributed by atoms with Crippen LogP contribution >= 0.6 is 0 Å².